The van der Waals surface area contributed by atoms with Gasteiger partial charge in [-0.05, 0) is 54.8 Å². The zero-order chi connectivity index (χ0) is 18.1. The Hall–Kier alpha value is -3.28. The molecule has 0 saturated heterocycles. The Kier molecular flexibility index (Phi) is 4.08. The van der Waals surface area contributed by atoms with Gasteiger partial charge in [-0.25, -0.2) is 9.07 Å². The number of halogens is 1. The highest BCUT2D eigenvalue weighted by atomic mass is 19.1. The van der Waals surface area contributed by atoms with E-state index in [-0.39, 0.29) is 17.3 Å². The summed E-state index contributed by atoms with van der Waals surface area (Å²) in [7, 11) is 0. The number of nitrogens with zero attached hydrogens (tertiary/aromatic N) is 2. The zero-order valence-electron chi connectivity index (χ0n) is 13.9. The van der Waals surface area contributed by atoms with Crippen LogP contribution < -0.4 is 10.9 Å². The number of hydrogen-bond donors (Lipinski definition) is 1. The topological polar surface area (TPSA) is 64.0 Å². The third-order valence-corrected chi connectivity index (χ3v) is 4.53. The van der Waals surface area contributed by atoms with Crippen LogP contribution >= 0.6 is 0 Å². The highest BCUT2D eigenvalue weighted by molar-refractivity contribution is 5.95. The van der Waals surface area contributed by atoms with Gasteiger partial charge in [0.05, 0.1) is 5.69 Å². The summed E-state index contributed by atoms with van der Waals surface area (Å²) in [4.78, 5) is 25.0. The summed E-state index contributed by atoms with van der Waals surface area (Å²) in [6, 6.07) is 15.7. The van der Waals surface area contributed by atoms with Crippen molar-refractivity contribution >= 4 is 11.6 Å². The van der Waals surface area contributed by atoms with Gasteiger partial charge in [0.2, 0.25) is 5.91 Å². The van der Waals surface area contributed by atoms with Crippen LogP contribution in [-0.2, 0) is 11.2 Å². The third-order valence-electron chi connectivity index (χ3n) is 4.53. The first-order valence-electron chi connectivity index (χ1n) is 8.36. The number of para-hydroxylation sites is 1. The molecule has 0 spiro atoms. The second-order valence-electron chi connectivity index (χ2n) is 6.21. The van der Waals surface area contributed by atoms with E-state index in [2.05, 4.69) is 10.4 Å². The first kappa shape index (κ1) is 16.2. The van der Waals surface area contributed by atoms with E-state index in [0.29, 0.717) is 24.1 Å². The van der Waals surface area contributed by atoms with Gasteiger partial charge in [-0.2, -0.15) is 5.10 Å². The lowest BCUT2D eigenvalue weighted by Crippen LogP contribution is -2.34. The predicted molar refractivity (Wildman–Crippen MR) is 96.3 cm³/mol. The van der Waals surface area contributed by atoms with Gasteiger partial charge in [0.15, 0.2) is 0 Å². The maximum atomic E-state index is 13.1. The molecule has 3 aromatic rings. The van der Waals surface area contributed by atoms with E-state index in [0.717, 1.165) is 11.3 Å². The monoisotopic (exact) mass is 349 g/mol. The van der Waals surface area contributed by atoms with Crippen molar-refractivity contribution in [1.29, 1.82) is 0 Å². The fourth-order valence-corrected chi connectivity index (χ4v) is 3.16. The summed E-state index contributed by atoms with van der Waals surface area (Å²) >= 11 is 0. The van der Waals surface area contributed by atoms with Crippen molar-refractivity contribution in [3.63, 3.8) is 0 Å². The van der Waals surface area contributed by atoms with Crippen molar-refractivity contribution in [3.8, 4) is 11.3 Å². The standard InChI is InChI=1S/C20H16FN3O2/c21-15-8-5-14(6-9-15)17-10-12-19(25)24(23-17)18-11-7-13-3-1-2-4-16(13)22-20(18)26/h1-6,8-10,12,18H,7,11H2,(H,22,26). The van der Waals surface area contributed by atoms with Crippen molar-refractivity contribution in [2.24, 2.45) is 0 Å². The normalized spacial score (nSPS) is 16.5. The minimum atomic E-state index is -0.699. The van der Waals surface area contributed by atoms with E-state index in [1.165, 1.54) is 22.9 Å². The van der Waals surface area contributed by atoms with Crippen molar-refractivity contribution < 1.29 is 9.18 Å². The number of fused-ring (bicyclic) bond motifs is 1. The lowest BCUT2D eigenvalue weighted by atomic mass is 10.1. The quantitative estimate of drug-likeness (QED) is 0.773. The third kappa shape index (κ3) is 3.01. The summed E-state index contributed by atoms with van der Waals surface area (Å²) in [6.07, 6.45) is 1.14. The first-order valence-corrected chi connectivity index (χ1v) is 8.36. The summed E-state index contributed by atoms with van der Waals surface area (Å²) in [6.45, 7) is 0. The van der Waals surface area contributed by atoms with Crippen LogP contribution in [-0.4, -0.2) is 15.7 Å². The Balaban J connectivity index is 1.71. The van der Waals surface area contributed by atoms with E-state index < -0.39 is 6.04 Å². The average Bonchev–Trinajstić information content (AvgIpc) is 2.81. The number of anilines is 1. The molecule has 1 aliphatic heterocycles. The van der Waals surface area contributed by atoms with Gasteiger partial charge in [0.25, 0.3) is 5.56 Å². The second-order valence-corrected chi connectivity index (χ2v) is 6.21. The van der Waals surface area contributed by atoms with Crippen molar-refractivity contribution in [2.75, 3.05) is 5.32 Å². The number of carbonyl (C=O) groups is 1. The molecule has 0 bridgehead atoms. The molecular formula is C20H16FN3O2. The van der Waals surface area contributed by atoms with Crippen LogP contribution in [0.1, 0.15) is 18.0 Å². The molecule has 2 aromatic carbocycles. The Bertz CT molecular complexity index is 1030. The largest absolute Gasteiger partial charge is 0.324 e. The minimum absolute atomic E-state index is 0.263. The van der Waals surface area contributed by atoms with E-state index in [9.17, 15) is 14.0 Å². The van der Waals surface area contributed by atoms with Gasteiger partial charge in [-0.3, -0.25) is 9.59 Å². The van der Waals surface area contributed by atoms with Crippen molar-refractivity contribution in [2.45, 2.75) is 18.9 Å². The van der Waals surface area contributed by atoms with Crippen LogP contribution in [0.25, 0.3) is 11.3 Å². The highest BCUT2D eigenvalue weighted by Crippen LogP contribution is 2.26. The first-order chi connectivity index (χ1) is 12.6. The number of benzene rings is 2. The summed E-state index contributed by atoms with van der Waals surface area (Å²) in [5.41, 5.74) is 2.65. The highest BCUT2D eigenvalue weighted by Gasteiger charge is 2.26. The maximum absolute atomic E-state index is 13.1. The van der Waals surface area contributed by atoms with Crippen LogP contribution in [0, 0.1) is 5.82 Å². The number of aromatic nitrogens is 2. The maximum Gasteiger partial charge on any atom is 0.267 e. The number of amides is 1. The molecule has 1 aromatic heterocycles. The van der Waals surface area contributed by atoms with Crippen LogP contribution in [0.2, 0.25) is 0 Å². The van der Waals surface area contributed by atoms with Gasteiger partial charge < -0.3 is 5.32 Å². The average molecular weight is 349 g/mol. The van der Waals surface area contributed by atoms with E-state index in [1.54, 1.807) is 18.2 Å². The smallest absolute Gasteiger partial charge is 0.267 e. The second kappa shape index (κ2) is 6.55. The van der Waals surface area contributed by atoms with Crippen LogP contribution in [0.4, 0.5) is 10.1 Å². The molecule has 1 aliphatic rings. The number of rotatable bonds is 2. The fraction of sp³-hybridized carbons (Fsp3) is 0.150. The van der Waals surface area contributed by atoms with Crippen LogP contribution in [0.5, 0.6) is 0 Å². The predicted octanol–water partition coefficient (Wildman–Crippen LogP) is 3.18. The molecule has 130 valence electrons. The molecule has 1 atom stereocenters. The molecule has 1 N–H and O–H groups in total. The van der Waals surface area contributed by atoms with E-state index >= 15 is 0 Å². The molecule has 1 unspecified atom stereocenters. The zero-order valence-corrected chi connectivity index (χ0v) is 13.9. The number of hydrogen-bond acceptors (Lipinski definition) is 3. The molecule has 0 fully saturated rings. The Morgan fingerprint density at radius 2 is 1.77 bits per heavy atom. The van der Waals surface area contributed by atoms with Gasteiger partial charge in [0.1, 0.15) is 11.9 Å². The van der Waals surface area contributed by atoms with Crippen molar-refractivity contribution in [1.82, 2.24) is 9.78 Å². The Morgan fingerprint density at radius 1 is 1.00 bits per heavy atom. The van der Waals surface area contributed by atoms with Crippen molar-refractivity contribution in [3.05, 3.63) is 82.4 Å². The number of carbonyl (C=O) groups excluding carboxylic acids is 1. The molecule has 26 heavy (non-hydrogen) atoms. The molecule has 6 heteroatoms. The SMILES string of the molecule is O=C1Nc2ccccc2CCC1n1nc(-c2ccc(F)cc2)ccc1=O. The molecule has 0 aliphatic carbocycles. The van der Waals surface area contributed by atoms with Crippen LogP contribution in [0.3, 0.4) is 0 Å². The molecule has 0 saturated carbocycles. The Morgan fingerprint density at radius 3 is 2.58 bits per heavy atom. The van der Waals surface area contributed by atoms with Crippen LogP contribution in [0.15, 0.2) is 65.5 Å². The molecule has 1 amide bonds. The van der Waals surface area contributed by atoms with Gasteiger partial charge in [0, 0.05) is 17.3 Å². The molecule has 4 rings (SSSR count). The molecule has 5 nitrogen and oxygen atoms in total. The van der Waals surface area contributed by atoms with Gasteiger partial charge in [-0.15, -0.1) is 0 Å². The molecule has 2 heterocycles. The molecular weight excluding hydrogens is 333 g/mol. The molecule has 0 radical (unpaired) electrons. The number of nitrogens with one attached hydrogen (secondary N) is 1. The Labute approximate surface area is 149 Å². The lowest BCUT2D eigenvalue weighted by Gasteiger charge is -2.16. The summed E-state index contributed by atoms with van der Waals surface area (Å²) in [5.74, 6) is -0.608. The van der Waals surface area contributed by atoms with Gasteiger partial charge >= 0.3 is 0 Å². The van der Waals surface area contributed by atoms with E-state index in [1.807, 2.05) is 24.3 Å². The summed E-state index contributed by atoms with van der Waals surface area (Å²) in [5, 5.41) is 7.25. The minimum Gasteiger partial charge on any atom is -0.324 e. The van der Waals surface area contributed by atoms with Gasteiger partial charge in [-0.1, -0.05) is 18.2 Å². The summed E-state index contributed by atoms with van der Waals surface area (Å²) < 4.78 is 14.4. The number of aryl methyl sites for hydroxylation is 1. The lowest BCUT2D eigenvalue weighted by molar-refractivity contribution is -0.119. The van der Waals surface area contributed by atoms with E-state index in [4.69, 9.17) is 0 Å². The fourth-order valence-electron chi connectivity index (χ4n) is 3.16.